The van der Waals surface area contributed by atoms with Gasteiger partial charge in [-0.25, -0.2) is 0 Å². The molecule has 0 radical (unpaired) electrons. The molecule has 19 heavy (non-hydrogen) atoms. The van der Waals surface area contributed by atoms with E-state index in [0.717, 1.165) is 14.8 Å². The molecule has 1 aromatic heterocycles. The summed E-state index contributed by atoms with van der Waals surface area (Å²) in [5.41, 5.74) is 0. The van der Waals surface area contributed by atoms with Gasteiger partial charge < -0.3 is 14.9 Å². The van der Waals surface area contributed by atoms with E-state index in [1.807, 2.05) is 25.1 Å². The number of carbonyl (C=O) groups is 1. The fourth-order valence-electron chi connectivity index (χ4n) is 2.33. The first-order valence-corrected chi connectivity index (χ1v) is 8.37. The van der Waals surface area contributed by atoms with E-state index in [0.29, 0.717) is 17.8 Å². The van der Waals surface area contributed by atoms with Crippen LogP contribution in [0.25, 0.3) is 0 Å². The van der Waals surface area contributed by atoms with Crippen LogP contribution in [0.5, 0.6) is 0 Å². The first-order valence-electron chi connectivity index (χ1n) is 5.97. The maximum Gasteiger partial charge on any atom is 0.264 e. The van der Waals surface area contributed by atoms with Gasteiger partial charge in [-0.1, -0.05) is 0 Å². The van der Waals surface area contributed by atoms with Gasteiger partial charge >= 0.3 is 0 Å². The molecule has 0 aliphatic carbocycles. The summed E-state index contributed by atoms with van der Waals surface area (Å²) >= 11 is 8.21. The predicted molar refractivity (Wildman–Crippen MR) is 83.7 cm³/mol. The van der Waals surface area contributed by atoms with Crippen molar-refractivity contribution in [2.24, 2.45) is 0 Å². The molecule has 0 spiro atoms. The van der Waals surface area contributed by atoms with Gasteiger partial charge in [0, 0.05) is 23.6 Å². The fourth-order valence-corrected chi connectivity index (χ4v) is 4.32. The van der Waals surface area contributed by atoms with Crippen LogP contribution in [-0.4, -0.2) is 60.1 Å². The van der Waals surface area contributed by atoms with Crippen molar-refractivity contribution in [3.8, 4) is 0 Å². The Balaban J connectivity index is 2.16. The molecule has 1 N–H and O–H groups in total. The van der Waals surface area contributed by atoms with E-state index in [1.165, 1.54) is 11.3 Å². The van der Waals surface area contributed by atoms with Gasteiger partial charge in [-0.2, -0.15) is 0 Å². The summed E-state index contributed by atoms with van der Waals surface area (Å²) < 4.78 is 1.81. The van der Waals surface area contributed by atoms with Crippen molar-refractivity contribution in [2.75, 3.05) is 27.2 Å². The molecule has 2 atom stereocenters. The van der Waals surface area contributed by atoms with Gasteiger partial charge in [0.15, 0.2) is 0 Å². The number of rotatable bonds is 3. The minimum Gasteiger partial charge on any atom is -0.391 e. The Morgan fingerprint density at radius 1 is 1.58 bits per heavy atom. The maximum absolute atomic E-state index is 12.5. The van der Waals surface area contributed by atoms with Crippen molar-refractivity contribution in [3.05, 3.63) is 19.2 Å². The van der Waals surface area contributed by atoms with Crippen LogP contribution < -0.4 is 0 Å². The van der Waals surface area contributed by atoms with Crippen molar-refractivity contribution < 1.29 is 9.90 Å². The van der Waals surface area contributed by atoms with E-state index >= 15 is 0 Å². The number of hydrogen-bond acceptors (Lipinski definition) is 4. The standard InChI is InChI=1S/C12H16Br2N2O2S/c1-15(2)5-7-3-8(17)6-16(7)12(18)10-4-9(13)11(14)19-10/h4,7-8,17H,3,5-6H2,1-2H3. The van der Waals surface area contributed by atoms with Crippen LogP contribution in [0.3, 0.4) is 0 Å². The molecule has 1 aliphatic rings. The highest BCUT2D eigenvalue weighted by molar-refractivity contribution is 9.13. The second-order valence-corrected chi connectivity index (χ2v) is 8.22. The summed E-state index contributed by atoms with van der Waals surface area (Å²) in [6.45, 7) is 1.20. The number of β-amino-alcohol motifs (C(OH)–C–C–N with tert-alkyl or cyclic N) is 1. The Labute approximate surface area is 133 Å². The second-order valence-electron chi connectivity index (χ2n) is 5.00. The van der Waals surface area contributed by atoms with E-state index in [4.69, 9.17) is 0 Å². The number of hydrogen-bond donors (Lipinski definition) is 1. The van der Waals surface area contributed by atoms with E-state index in [2.05, 4.69) is 31.9 Å². The molecule has 1 aromatic rings. The van der Waals surface area contributed by atoms with Crippen LogP contribution in [-0.2, 0) is 0 Å². The van der Waals surface area contributed by atoms with E-state index in [1.54, 1.807) is 4.90 Å². The van der Waals surface area contributed by atoms with Crippen molar-refractivity contribution in [1.29, 1.82) is 0 Å². The first-order chi connectivity index (χ1) is 8.88. The molecule has 2 rings (SSSR count). The highest BCUT2D eigenvalue weighted by Gasteiger charge is 2.35. The first kappa shape index (κ1) is 15.4. The van der Waals surface area contributed by atoms with Gasteiger partial charge in [0.1, 0.15) is 0 Å². The van der Waals surface area contributed by atoms with E-state index in [-0.39, 0.29) is 11.9 Å². The molecule has 4 nitrogen and oxygen atoms in total. The molecule has 7 heteroatoms. The summed E-state index contributed by atoms with van der Waals surface area (Å²) in [5, 5.41) is 9.81. The third-order valence-corrected chi connectivity index (χ3v) is 6.33. The normalized spacial score (nSPS) is 23.4. The number of halogens is 2. The second kappa shape index (κ2) is 6.22. The lowest BCUT2D eigenvalue weighted by molar-refractivity contribution is 0.0704. The van der Waals surface area contributed by atoms with Crippen LogP contribution >= 0.6 is 43.2 Å². The monoisotopic (exact) mass is 410 g/mol. The van der Waals surface area contributed by atoms with Crippen LogP contribution in [0.2, 0.25) is 0 Å². The highest BCUT2D eigenvalue weighted by atomic mass is 79.9. The summed E-state index contributed by atoms with van der Waals surface area (Å²) in [5.74, 6) is -0.000185. The largest absolute Gasteiger partial charge is 0.391 e. The van der Waals surface area contributed by atoms with Crippen molar-refractivity contribution in [3.63, 3.8) is 0 Å². The number of nitrogens with zero attached hydrogens (tertiary/aromatic N) is 2. The summed E-state index contributed by atoms with van der Waals surface area (Å²) in [6.07, 6.45) is 0.234. The average Bonchev–Trinajstić information content (AvgIpc) is 2.82. The molecule has 0 saturated carbocycles. The zero-order valence-corrected chi connectivity index (χ0v) is 14.8. The lowest BCUT2D eigenvalue weighted by Gasteiger charge is -2.26. The van der Waals surface area contributed by atoms with Crippen LogP contribution in [0.1, 0.15) is 16.1 Å². The Hall–Kier alpha value is 0.0500. The molecule has 2 heterocycles. The molecular formula is C12H16Br2N2O2S. The Bertz CT molecular complexity index is 459. The van der Waals surface area contributed by atoms with Crippen molar-refractivity contribution in [2.45, 2.75) is 18.6 Å². The van der Waals surface area contributed by atoms with Crippen LogP contribution in [0.4, 0.5) is 0 Å². The molecule has 0 bridgehead atoms. The van der Waals surface area contributed by atoms with Crippen molar-refractivity contribution in [1.82, 2.24) is 9.80 Å². The molecule has 1 saturated heterocycles. The topological polar surface area (TPSA) is 43.8 Å². The lowest BCUT2D eigenvalue weighted by Crippen LogP contribution is -2.41. The molecule has 2 unspecified atom stereocenters. The Morgan fingerprint density at radius 3 is 2.79 bits per heavy atom. The molecular weight excluding hydrogens is 396 g/mol. The van der Waals surface area contributed by atoms with Crippen molar-refractivity contribution >= 4 is 49.1 Å². The Kier molecular flexibility index (Phi) is 5.05. The number of aliphatic hydroxyl groups excluding tert-OH is 1. The van der Waals surface area contributed by atoms with Gasteiger partial charge in [0.05, 0.1) is 14.8 Å². The zero-order chi connectivity index (χ0) is 14.2. The molecule has 106 valence electrons. The number of thiophene rings is 1. The minimum atomic E-state index is -0.416. The third-order valence-electron chi connectivity index (χ3n) is 3.09. The van der Waals surface area contributed by atoms with E-state index in [9.17, 15) is 9.90 Å². The quantitative estimate of drug-likeness (QED) is 0.830. The van der Waals surface area contributed by atoms with Gasteiger partial charge in [-0.15, -0.1) is 11.3 Å². The smallest absolute Gasteiger partial charge is 0.264 e. The van der Waals surface area contributed by atoms with Gasteiger partial charge in [0.25, 0.3) is 5.91 Å². The maximum atomic E-state index is 12.5. The molecule has 1 amide bonds. The lowest BCUT2D eigenvalue weighted by atomic mass is 10.2. The van der Waals surface area contributed by atoms with Gasteiger partial charge in [-0.05, 0) is 58.4 Å². The molecule has 0 aromatic carbocycles. The van der Waals surface area contributed by atoms with Crippen LogP contribution in [0, 0.1) is 0 Å². The number of carbonyl (C=O) groups excluding carboxylic acids is 1. The number of likely N-dealkylation sites (N-methyl/N-ethyl adjacent to an activating group) is 1. The number of aliphatic hydroxyl groups is 1. The third kappa shape index (κ3) is 3.58. The minimum absolute atomic E-state index is 0.000185. The summed E-state index contributed by atoms with van der Waals surface area (Å²) in [6, 6.07) is 1.91. The SMILES string of the molecule is CN(C)CC1CC(O)CN1C(=O)c1cc(Br)c(Br)s1. The summed E-state index contributed by atoms with van der Waals surface area (Å²) in [4.78, 5) is 17.0. The Morgan fingerprint density at radius 2 is 2.26 bits per heavy atom. The highest BCUT2D eigenvalue weighted by Crippen LogP contribution is 2.34. The molecule has 1 aliphatic heterocycles. The van der Waals surface area contributed by atoms with Crippen LogP contribution in [0.15, 0.2) is 14.3 Å². The average molecular weight is 412 g/mol. The number of amides is 1. The zero-order valence-electron chi connectivity index (χ0n) is 10.8. The van der Waals surface area contributed by atoms with E-state index < -0.39 is 6.10 Å². The molecule has 1 fully saturated rings. The van der Waals surface area contributed by atoms with Gasteiger partial charge in [-0.3, -0.25) is 4.79 Å². The number of likely N-dealkylation sites (tertiary alicyclic amines) is 1. The predicted octanol–water partition coefficient (Wildman–Crippen LogP) is 2.41. The summed E-state index contributed by atoms with van der Waals surface area (Å²) in [7, 11) is 3.96. The van der Waals surface area contributed by atoms with Gasteiger partial charge in [0.2, 0.25) is 0 Å². The fraction of sp³-hybridized carbons (Fsp3) is 0.583.